The fraction of sp³-hybridized carbons (Fsp3) is 0.0714. The van der Waals surface area contributed by atoms with Crippen LogP contribution in [0.15, 0.2) is 42.6 Å². The van der Waals surface area contributed by atoms with Gasteiger partial charge in [-0.15, -0.1) is 0 Å². The van der Waals surface area contributed by atoms with Crippen LogP contribution in [0.5, 0.6) is 0 Å². The van der Waals surface area contributed by atoms with E-state index in [1.807, 2.05) is 0 Å². The topological polar surface area (TPSA) is 85.1 Å². The molecule has 0 radical (unpaired) electrons. The number of carbonyl (C=O) groups excluding carboxylic acids is 2. The maximum absolute atomic E-state index is 11.3. The predicted octanol–water partition coefficient (Wildman–Crippen LogP) is 2.13. The highest BCUT2D eigenvalue weighted by Gasteiger charge is 2.08. The van der Waals surface area contributed by atoms with Gasteiger partial charge in [-0.25, -0.2) is 4.98 Å². The molecule has 2 aromatic rings. The van der Waals surface area contributed by atoms with Crippen LogP contribution < -0.4 is 11.1 Å². The summed E-state index contributed by atoms with van der Waals surface area (Å²) in [6.45, 7) is 1.51. The lowest BCUT2D eigenvalue weighted by Gasteiger charge is -2.08. The summed E-state index contributed by atoms with van der Waals surface area (Å²) in [5, 5.41) is 3.00. The third-order valence-electron chi connectivity index (χ3n) is 2.63. The Morgan fingerprint density at radius 1 is 1.16 bits per heavy atom. The molecule has 0 fully saturated rings. The highest BCUT2D eigenvalue weighted by atomic mass is 16.1. The van der Waals surface area contributed by atoms with Gasteiger partial charge in [-0.3, -0.25) is 9.59 Å². The molecule has 96 valence electrons. The molecule has 1 heterocycles. The van der Waals surface area contributed by atoms with E-state index in [1.165, 1.54) is 6.92 Å². The summed E-state index contributed by atoms with van der Waals surface area (Å²) in [7, 11) is 0. The number of nitrogens with zero attached hydrogens (tertiary/aromatic N) is 1. The van der Waals surface area contributed by atoms with Gasteiger partial charge in [0.05, 0.1) is 5.56 Å². The molecule has 0 atom stereocenters. The molecule has 0 aliphatic carbocycles. The molecule has 0 aliphatic rings. The predicted molar refractivity (Wildman–Crippen MR) is 72.5 cm³/mol. The second-order valence-electron chi connectivity index (χ2n) is 4.02. The average Bonchev–Trinajstić information content (AvgIpc) is 2.39. The van der Waals surface area contributed by atoms with Gasteiger partial charge in [-0.1, -0.05) is 0 Å². The number of primary amides is 1. The van der Waals surface area contributed by atoms with E-state index < -0.39 is 5.91 Å². The van der Waals surface area contributed by atoms with Crippen molar-refractivity contribution in [2.45, 2.75) is 6.92 Å². The second-order valence-corrected chi connectivity index (χ2v) is 4.02. The molecule has 0 saturated heterocycles. The van der Waals surface area contributed by atoms with Crippen LogP contribution in [0, 0.1) is 0 Å². The lowest BCUT2D eigenvalue weighted by molar-refractivity contribution is 0.0996. The molecule has 1 aromatic carbocycles. The van der Waals surface area contributed by atoms with E-state index in [0.29, 0.717) is 16.9 Å². The minimum atomic E-state index is -0.545. The largest absolute Gasteiger partial charge is 0.365 e. The number of benzene rings is 1. The zero-order valence-corrected chi connectivity index (χ0v) is 10.4. The van der Waals surface area contributed by atoms with Crippen molar-refractivity contribution in [1.29, 1.82) is 0 Å². The normalized spacial score (nSPS) is 9.95. The van der Waals surface area contributed by atoms with Crippen molar-refractivity contribution in [2.24, 2.45) is 5.73 Å². The Labute approximate surface area is 110 Å². The molecule has 2 rings (SSSR count). The van der Waals surface area contributed by atoms with Crippen LogP contribution in [0.3, 0.4) is 0 Å². The molecule has 0 unspecified atom stereocenters. The first-order chi connectivity index (χ1) is 9.08. The number of aromatic nitrogens is 1. The molecule has 1 amide bonds. The van der Waals surface area contributed by atoms with Crippen LogP contribution in [-0.2, 0) is 0 Å². The quantitative estimate of drug-likeness (QED) is 0.819. The first-order valence-corrected chi connectivity index (χ1v) is 5.71. The van der Waals surface area contributed by atoms with Gasteiger partial charge in [-0.2, -0.15) is 0 Å². The van der Waals surface area contributed by atoms with Gasteiger partial charge in [0.25, 0.3) is 5.91 Å². The highest BCUT2D eigenvalue weighted by molar-refractivity contribution is 5.98. The van der Waals surface area contributed by atoms with Crippen molar-refractivity contribution in [1.82, 2.24) is 4.98 Å². The Hall–Kier alpha value is -2.69. The van der Waals surface area contributed by atoms with Crippen molar-refractivity contribution >= 4 is 23.2 Å². The monoisotopic (exact) mass is 255 g/mol. The molecule has 5 nitrogen and oxygen atoms in total. The summed E-state index contributed by atoms with van der Waals surface area (Å²) in [6.07, 6.45) is 1.57. The highest BCUT2D eigenvalue weighted by Crippen LogP contribution is 2.18. The number of ketones is 1. The Morgan fingerprint density at radius 3 is 2.42 bits per heavy atom. The number of nitrogens with one attached hydrogen (secondary N) is 1. The van der Waals surface area contributed by atoms with Gasteiger partial charge < -0.3 is 11.1 Å². The van der Waals surface area contributed by atoms with E-state index >= 15 is 0 Å². The van der Waals surface area contributed by atoms with Gasteiger partial charge in [-0.05, 0) is 43.3 Å². The molecular weight excluding hydrogens is 242 g/mol. The lowest BCUT2D eigenvalue weighted by Crippen LogP contribution is -2.14. The third-order valence-corrected chi connectivity index (χ3v) is 2.63. The first kappa shape index (κ1) is 12.8. The summed E-state index contributed by atoms with van der Waals surface area (Å²) in [5.74, 6) is -0.149. The molecule has 1 aromatic heterocycles. The van der Waals surface area contributed by atoms with Crippen LogP contribution in [0.1, 0.15) is 27.6 Å². The van der Waals surface area contributed by atoms with E-state index in [1.54, 1.807) is 42.6 Å². The van der Waals surface area contributed by atoms with E-state index in [-0.39, 0.29) is 5.78 Å². The van der Waals surface area contributed by atoms with Crippen LogP contribution >= 0.6 is 0 Å². The fourth-order valence-electron chi connectivity index (χ4n) is 1.63. The smallest absolute Gasteiger partial charge is 0.252 e. The number of Topliss-reactive ketones (excluding diaryl/α,β-unsaturated/α-hetero) is 1. The SMILES string of the molecule is CC(=O)c1ccc(Nc2ncccc2C(N)=O)cc1. The number of nitrogens with two attached hydrogens (primary N) is 1. The fourth-order valence-corrected chi connectivity index (χ4v) is 1.63. The molecule has 0 bridgehead atoms. The van der Waals surface area contributed by atoms with E-state index in [2.05, 4.69) is 10.3 Å². The van der Waals surface area contributed by atoms with Crippen molar-refractivity contribution < 1.29 is 9.59 Å². The van der Waals surface area contributed by atoms with E-state index in [9.17, 15) is 9.59 Å². The van der Waals surface area contributed by atoms with Crippen molar-refractivity contribution in [3.8, 4) is 0 Å². The van der Waals surface area contributed by atoms with E-state index in [4.69, 9.17) is 5.73 Å². The molecule has 3 N–H and O–H groups in total. The van der Waals surface area contributed by atoms with E-state index in [0.717, 1.165) is 5.69 Å². The van der Waals surface area contributed by atoms with Crippen molar-refractivity contribution in [2.75, 3.05) is 5.32 Å². The lowest BCUT2D eigenvalue weighted by atomic mass is 10.1. The van der Waals surface area contributed by atoms with Crippen LogP contribution in [-0.4, -0.2) is 16.7 Å². The van der Waals surface area contributed by atoms with Gasteiger partial charge >= 0.3 is 0 Å². The van der Waals surface area contributed by atoms with Gasteiger partial charge in [0.1, 0.15) is 5.82 Å². The average molecular weight is 255 g/mol. The first-order valence-electron chi connectivity index (χ1n) is 5.71. The number of anilines is 2. The van der Waals surface area contributed by atoms with Gasteiger partial charge in [0.15, 0.2) is 5.78 Å². The third kappa shape index (κ3) is 2.95. The molecule has 19 heavy (non-hydrogen) atoms. The van der Waals surface area contributed by atoms with Crippen molar-refractivity contribution in [3.05, 3.63) is 53.7 Å². The summed E-state index contributed by atoms with van der Waals surface area (Å²) < 4.78 is 0. The molecule has 0 saturated carbocycles. The Balaban J connectivity index is 2.26. The molecule has 0 spiro atoms. The standard InChI is InChI=1S/C14H13N3O2/c1-9(18)10-4-6-11(7-5-10)17-14-12(13(15)19)3-2-8-16-14/h2-8H,1H3,(H2,15,19)(H,16,17). The van der Waals surface area contributed by atoms with Crippen LogP contribution in [0.25, 0.3) is 0 Å². The summed E-state index contributed by atoms with van der Waals surface area (Å²) in [5.41, 5.74) is 6.94. The van der Waals surface area contributed by atoms with Crippen molar-refractivity contribution in [3.63, 3.8) is 0 Å². The number of pyridine rings is 1. The Bertz CT molecular complexity index is 621. The zero-order valence-electron chi connectivity index (χ0n) is 10.4. The maximum Gasteiger partial charge on any atom is 0.252 e. The summed E-state index contributed by atoms with van der Waals surface area (Å²) >= 11 is 0. The minimum Gasteiger partial charge on any atom is -0.365 e. The maximum atomic E-state index is 11.3. The zero-order chi connectivity index (χ0) is 13.8. The molecule has 0 aliphatic heterocycles. The number of hydrogen-bond donors (Lipinski definition) is 2. The number of rotatable bonds is 4. The second kappa shape index (κ2) is 5.30. The van der Waals surface area contributed by atoms with Crippen LogP contribution in [0.4, 0.5) is 11.5 Å². The van der Waals surface area contributed by atoms with Gasteiger partial charge in [0.2, 0.25) is 0 Å². The minimum absolute atomic E-state index is 0.00205. The Morgan fingerprint density at radius 2 is 1.84 bits per heavy atom. The van der Waals surface area contributed by atoms with Crippen LogP contribution in [0.2, 0.25) is 0 Å². The van der Waals surface area contributed by atoms with Gasteiger partial charge in [0, 0.05) is 17.4 Å². The Kier molecular flexibility index (Phi) is 3.56. The molecule has 5 heteroatoms. The number of amides is 1. The number of carbonyl (C=O) groups is 2. The molecular formula is C14H13N3O2. The summed E-state index contributed by atoms with van der Waals surface area (Å²) in [6, 6.07) is 10.1. The number of hydrogen-bond acceptors (Lipinski definition) is 4. The summed E-state index contributed by atoms with van der Waals surface area (Å²) in [4.78, 5) is 26.5.